The van der Waals surface area contributed by atoms with E-state index < -0.39 is 5.92 Å². The first-order valence-electron chi connectivity index (χ1n) is 9.23. The number of nitrogens with two attached hydrogens (primary N) is 2. The molecule has 5 N–H and O–H groups in total. The van der Waals surface area contributed by atoms with Crippen molar-refractivity contribution in [1.82, 2.24) is 4.98 Å². The van der Waals surface area contributed by atoms with E-state index in [4.69, 9.17) is 30.4 Å². The Morgan fingerprint density at radius 2 is 1.74 bits per heavy atom. The van der Waals surface area contributed by atoms with Crippen molar-refractivity contribution >= 4 is 11.5 Å². The Morgan fingerprint density at radius 3 is 2.32 bits per heavy atom. The molecule has 3 aromatic rings. The monoisotopic (exact) mass is 420 g/mol. The lowest BCUT2D eigenvalue weighted by Crippen LogP contribution is -2.17. The van der Waals surface area contributed by atoms with Crippen molar-refractivity contribution in [2.45, 2.75) is 5.92 Å². The highest BCUT2D eigenvalue weighted by Gasteiger charge is 2.35. The van der Waals surface area contributed by atoms with Gasteiger partial charge in [-0.2, -0.15) is 10.2 Å². The lowest BCUT2D eigenvalue weighted by Gasteiger charge is -2.30. The number of rotatable bonds is 4. The van der Waals surface area contributed by atoms with Gasteiger partial charge < -0.3 is 35.5 Å². The average molecular weight is 420 g/mol. The normalized spacial score (nSPS) is 13.9. The Labute approximate surface area is 178 Å². The number of phenolic OH excluding ortho intramolecular Hbond substituents is 1. The summed E-state index contributed by atoms with van der Waals surface area (Å²) >= 11 is 0. The zero-order valence-corrected chi connectivity index (χ0v) is 17.1. The predicted molar refractivity (Wildman–Crippen MR) is 113 cm³/mol. The van der Waals surface area contributed by atoms with E-state index in [9.17, 15) is 10.4 Å². The molecule has 1 aliphatic heterocycles. The van der Waals surface area contributed by atoms with Gasteiger partial charge >= 0.3 is 0 Å². The summed E-state index contributed by atoms with van der Waals surface area (Å²) in [6.07, 6.45) is 0. The summed E-state index contributed by atoms with van der Waals surface area (Å²) in [4.78, 5) is 4.25. The maximum absolute atomic E-state index is 9.97. The minimum atomic E-state index is -0.506. The Balaban J connectivity index is 2.06. The van der Waals surface area contributed by atoms with Crippen LogP contribution < -0.4 is 30.4 Å². The molecule has 2 heterocycles. The molecule has 0 amide bonds. The summed E-state index contributed by atoms with van der Waals surface area (Å²) in [5.41, 5.74) is 14.5. The summed E-state index contributed by atoms with van der Waals surface area (Å²) < 4.78 is 22.3. The Hall–Kier alpha value is -4.32. The quantitative estimate of drug-likeness (QED) is 0.453. The SMILES string of the molecule is COc1cc([C@H]2c3ccc(O)cc3Oc3nc(N)c(C#N)c(N)c32)cc(OC)c1OC. The van der Waals surface area contributed by atoms with Crippen LogP contribution in [0.25, 0.3) is 0 Å². The third kappa shape index (κ3) is 3.05. The fourth-order valence-electron chi connectivity index (χ4n) is 3.81. The van der Waals surface area contributed by atoms with E-state index in [-0.39, 0.29) is 28.7 Å². The Bertz CT molecular complexity index is 1210. The zero-order chi connectivity index (χ0) is 22.3. The molecule has 31 heavy (non-hydrogen) atoms. The van der Waals surface area contributed by atoms with Crippen LogP contribution in [0.4, 0.5) is 11.5 Å². The third-order valence-corrected chi connectivity index (χ3v) is 5.20. The van der Waals surface area contributed by atoms with Gasteiger partial charge in [-0.1, -0.05) is 6.07 Å². The molecule has 0 bridgehead atoms. The zero-order valence-electron chi connectivity index (χ0n) is 17.1. The molecule has 0 spiro atoms. The molecule has 9 nitrogen and oxygen atoms in total. The highest BCUT2D eigenvalue weighted by molar-refractivity contribution is 5.76. The van der Waals surface area contributed by atoms with Gasteiger partial charge in [0.15, 0.2) is 11.5 Å². The van der Waals surface area contributed by atoms with E-state index in [2.05, 4.69) is 4.98 Å². The molecule has 1 aromatic heterocycles. The van der Waals surface area contributed by atoms with Gasteiger partial charge in [-0.15, -0.1) is 0 Å². The highest BCUT2D eigenvalue weighted by atomic mass is 16.5. The fraction of sp³-hybridized carbons (Fsp3) is 0.182. The number of nitriles is 1. The molecule has 158 valence electrons. The predicted octanol–water partition coefficient (Wildman–Crippen LogP) is 3.13. The van der Waals surface area contributed by atoms with Crippen molar-refractivity contribution in [3.63, 3.8) is 0 Å². The molecule has 2 aromatic carbocycles. The number of phenols is 1. The molecule has 0 fully saturated rings. The number of ether oxygens (including phenoxy) is 4. The molecule has 9 heteroatoms. The molecular weight excluding hydrogens is 400 g/mol. The lowest BCUT2D eigenvalue weighted by atomic mass is 9.82. The summed E-state index contributed by atoms with van der Waals surface area (Å²) in [5.74, 6) is 1.38. The number of nitrogens with zero attached hydrogens (tertiary/aromatic N) is 2. The van der Waals surface area contributed by atoms with Crippen molar-refractivity contribution in [3.8, 4) is 40.7 Å². The summed E-state index contributed by atoms with van der Waals surface area (Å²) in [5, 5.41) is 19.5. The fourth-order valence-corrected chi connectivity index (χ4v) is 3.81. The molecular formula is C22H20N4O5. The first-order chi connectivity index (χ1) is 14.9. The number of nitrogen functional groups attached to an aromatic ring is 2. The number of hydrogen-bond acceptors (Lipinski definition) is 9. The average Bonchev–Trinajstić information content (AvgIpc) is 2.76. The maximum Gasteiger partial charge on any atom is 0.227 e. The van der Waals surface area contributed by atoms with Crippen LogP contribution in [0.2, 0.25) is 0 Å². The molecule has 0 saturated carbocycles. The number of aromatic nitrogens is 1. The molecule has 0 saturated heterocycles. The minimum Gasteiger partial charge on any atom is -0.508 e. The van der Waals surface area contributed by atoms with Gasteiger partial charge in [0.05, 0.1) is 32.6 Å². The van der Waals surface area contributed by atoms with Gasteiger partial charge in [-0.25, -0.2) is 0 Å². The topological polar surface area (TPSA) is 146 Å². The van der Waals surface area contributed by atoms with Crippen LogP contribution in [0.1, 0.15) is 28.2 Å². The second-order valence-electron chi connectivity index (χ2n) is 6.83. The van der Waals surface area contributed by atoms with Crippen molar-refractivity contribution < 1.29 is 24.1 Å². The van der Waals surface area contributed by atoms with Gasteiger partial charge in [-0.05, 0) is 23.8 Å². The number of pyridine rings is 1. The summed E-state index contributed by atoms with van der Waals surface area (Å²) in [7, 11) is 4.57. The van der Waals surface area contributed by atoms with Crippen LogP contribution in [0, 0.1) is 11.3 Å². The number of anilines is 2. The first kappa shape index (κ1) is 20.0. The molecule has 0 unspecified atom stereocenters. The van der Waals surface area contributed by atoms with Gasteiger partial charge in [0, 0.05) is 17.5 Å². The van der Waals surface area contributed by atoms with Crippen molar-refractivity contribution in [3.05, 3.63) is 52.6 Å². The van der Waals surface area contributed by atoms with Crippen LogP contribution in [-0.4, -0.2) is 31.4 Å². The summed E-state index contributed by atoms with van der Waals surface area (Å²) in [6.45, 7) is 0. The lowest BCUT2D eigenvalue weighted by molar-refractivity contribution is 0.323. The smallest absolute Gasteiger partial charge is 0.227 e. The van der Waals surface area contributed by atoms with Gasteiger partial charge in [-0.3, -0.25) is 0 Å². The van der Waals surface area contributed by atoms with E-state index in [0.29, 0.717) is 34.1 Å². The Kier molecular flexibility index (Phi) is 4.83. The second kappa shape index (κ2) is 7.50. The number of aromatic hydroxyl groups is 1. The van der Waals surface area contributed by atoms with Gasteiger partial charge in [0.25, 0.3) is 0 Å². The van der Waals surface area contributed by atoms with E-state index in [0.717, 1.165) is 5.56 Å². The van der Waals surface area contributed by atoms with Gasteiger partial charge in [0.2, 0.25) is 11.6 Å². The van der Waals surface area contributed by atoms with Crippen LogP contribution >= 0.6 is 0 Å². The molecule has 1 aliphatic rings. The molecule has 0 radical (unpaired) electrons. The highest BCUT2D eigenvalue weighted by Crippen LogP contribution is 2.52. The molecule has 1 atom stereocenters. The molecule has 4 rings (SSSR count). The number of fused-ring (bicyclic) bond motifs is 2. The van der Waals surface area contributed by atoms with Crippen molar-refractivity contribution in [2.24, 2.45) is 0 Å². The maximum atomic E-state index is 9.97. The van der Waals surface area contributed by atoms with E-state index >= 15 is 0 Å². The number of hydrogen-bond donors (Lipinski definition) is 3. The van der Waals surface area contributed by atoms with Crippen LogP contribution in [-0.2, 0) is 0 Å². The van der Waals surface area contributed by atoms with Crippen molar-refractivity contribution in [1.29, 1.82) is 5.26 Å². The first-order valence-corrected chi connectivity index (χ1v) is 9.23. The number of benzene rings is 2. The van der Waals surface area contributed by atoms with E-state index in [1.807, 2.05) is 6.07 Å². The number of methoxy groups -OCH3 is 3. The summed E-state index contributed by atoms with van der Waals surface area (Å²) in [6, 6.07) is 10.3. The standard InChI is InChI=1S/C22H20N4O5/c1-28-15-6-10(7-16(29-2)20(15)30-3)17-12-5-4-11(27)8-14(12)31-22-18(17)19(24)13(9-23)21(25)26-22/h4-8,17,27H,1-3H3,(H4,24,25,26)/t17-/m0/s1. The van der Waals surface area contributed by atoms with E-state index in [1.54, 1.807) is 24.3 Å². The van der Waals surface area contributed by atoms with E-state index in [1.165, 1.54) is 27.4 Å². The largest absolute Gasteiger partial charge is 0.508 e. The van der Waals surface area contributed by atoms with Crippen LogP contribution in [0.3, 0.4) is 0 Å². The van der Waals surface area contributed by atoms with Crippen LogP contribution in [0.15, 0.2) is 30.3 Å². The second-order valence-corrected chi connectivity index (χ2v) is 6.83. The van der Waals surface area contributed by atoms with Crippen molar-refractivity contribution in [2.75, 3.05) is 32.8 Å². The third-order valence-electron chi connectivity index (χ3n) is 5.20. The van der Waals surface area contributed by atoms with Gasteiger partial charge in [0.1, 0.15) is 28.9 Å². The Morgan fingerprint density at radius 1 is 1.06 bits per heavy atom. The minimum absolute atomic E-state index is 0.0282. The van der Waals surface area contributed by atoms with Crippen LogP contribution in [0.5, 0.6) is 34.6 Å². The molecule has 0 aliphatic carbocycles.